The van der Waals surface area contributed by atoms with Crippen LogP contribution in [0.1, 0.15) is 16.1 Å². The average Bonchev–Trinajstić information content (AvgIpc) is 2.50. The number of rotatable bonds is 4. The maximum atomic E-state index is 11.8. The van der Waals surface area contributed by atoms with Gasteiger partial charge in [0.1, 0.15) is 0 Å². The summed E-state index contributed by atoms with van der Waals surface area (Å²) in [6.07, 6.45) is 2.66. The van der Waals surface area contributed by atoms with Crippen LogP contribution in [0.25, 0.3) is 0 Å². The number of hydrogen-bond acceptors (Lipinski definition) is 6. The molecule has 0 aliphatic rings. The Bertz CT molecular complexity index is 721. The van der Waals surface area contributed by atoms with Gasteiger partial charge < -0.3 is 15.8 Å². The third-order valence-corrected chi connectivity index (χ3v) is 3.21. The summed E-state index contributed by atoms with van der Waals surface area (Å²) in [6, 6.07) is 5.11. The summed E-state index contributed by atoms with van der Waals surface area (Å²) >= 11 is 5.96. The smallest absolute Gasteiger partial charge is 0.361 e. The largest absolute Gasteiger partial charge is 0.451 e. The maximum Gasteiger partial charge on any atom is 0.361 e. The molecule has 0 bridgehead atoms. The molecule has 1 aromatic heterocycles. The third-order valence-electron chi connectivity index (χ3n) is 2.80. The molecule has 0 saturated heterocycles. The number of nitrogens with zero attached hydrogens (tertiary/aromatic N) is 2. The van der Waals surface area contributed by atoms with Crippen molar-refractivity contribution in [2.24, 2.45) is 0 Å². The van der Waals surface area contributed by atoms with E-state index < -0.39 is 18.5 Å². The summed E-state index contributed by atoms with van der Waals surface area (Å²) in [6.45, 7) is 1.30. The van der Waals surface area contributed by atoms with Gasteiger partial charge in [0.2, 0.25) is 0 Å². The van der Waals surface area contributed by atoms with Gasteiger partial charge >= 0.3 is 5.97 Å². The highest BCUT2D eigenvalue weighted by molar-refractivity contribution is 6.31. The lowest BCUT2D eigenvalue weighted by molar-refractivity contribution is -0.119. The highest BCUT2D eigenvalue weighted by Crippen LogP contribution is 2.22. The van der Waals surface area contributed by atoms with Crippen molar-refractivity contribution >= 4 is 35.0 Å². The normalized spacial score (nSPS) is 10.1. The van der Waals surface area contributed by atoms with Crippen LogP contribution in [-0.4, -0.2) is 28.5 Å². The molecule has 0 saturated carbocycles. The van der Waals surface area contributed by atoms with Crippen LogP contribution in [0.3, 0.4) is 0 Å². The van der Waals surface area contributed by atoms with Gasteiger partial charge in [0.05, 0.1) is 0 Å². The zero-order valence-electron chi connectivity index (χ0n) is 11.7. The second kappa shape index (κ2) is 6.86. The molecule has 3 N–H and O–H groups in total. The summed E-state index contributed by atoms with van der Waals surface area (Å²) < 4.78 is 4.85. The van der Waals surface area contributed by atoms with Crippen LogP contribution in [-0.2, 0) is 9.53 Å². The first-order valence-electron chi connectivity index (χ1n) is 6.27. The van der Waals surface area contributed by atoms with Crippen molar-refractivity contribution < 1.29 is 14.3 Å². The number of carbonyl (C=O) groups is 2. The predicted octanol–water partition coefficient (Wildman–Crippen LogP) is 1.82. The summed E-state index contributed by atoms with van der Waals surface area (Å²) in [5, 5.41) is 3.13. The molecule has 114 valence electrons. The van der Waals surface area contributed by atoms with Crippen LogP contribution in [0.2, 0.25) is 5.02 Å². The van der Waals surface area contributed by atoms with E-state index in [0.717, 1.165) is 5.56 Å². The number of halogens is 1. The molecular weight excluding hydrogens is 308 g/mol. The van der Waals surface area contributed by atoms with E-state index in [-0.39, 0.29) is 11.5 Å². The van der Waals surface area contributed by atoms with Crippen LogP contribution in [0, 0.1) is 6.92 Å². The van der Waals surface area contributed by atoms with E-state index in [1.54, 1.807) is 25.1 Å². The first kappa shape index (κ1) is 15.7. The average molecular weight is 321 g/mol. The molecular formula is C14H13ClN4O3. The quantitative estimate of drug-likeness (QED) is 0.832. The van der Waals surface area contributed by atoms with Gasteiger partial charge in [0, 0.05) is 23.1 Å². The van der Waals surface area contributed by atoms with Crippen LogP contribution in [0.15, 0.2) is 30.6 Å². The Morgan fingerprint density at radius 3 is 2.77 bits per heavy atom. The minimum atomic E-state index is -0.816. The number of nitrogen functional groups attached to an aromatic ring is 1. The van der Waals surface area contributed by atoms with Gasteiger partial charge in [0.15, 0.2) is 18.1 Å². The molecule has 0 spiro atoms. The number of esters is 1. The van der Waals surface area contributed by atoms with Crippen molar-refractivity contribution in [2.75, 3.05) is 17.7 Å². The number of ether oxygens (including phenoxy) is 1. The van der Waals surface area contributed by atoms with E-state index in [2.05, 4.69) is 15.3 Å². The Hall–Kier alpha value is -2.67. The summed E-state index contributed by atoms with van der Waals surface area (Å²) in [4.78, 5) is 31.0. The Balaban J connectivity index is 1.95. The van der Waals surface area contributed by atoms with Gasteiger partial charge in [0.25, 0.3) is 5.91 Å². The SMILES string of the molecule is Cc1c(Cl)cccc1NC(=O)COC(=O)c1nccnc1N. The van der Waals surface area contributed by atoms with Gasteiger partial charge in [-0.3, -0.25) is 4.79 Å². The van der Waals surface area contributed by atoms with Crippen molar-refractivity contribution in [3.05, 3.63) is 46.9 Å². The van der Waals surface area contributed by atoms with Gasteiger partial charge in [-0.05, 0) is 24.6 Å². The Morgan fingerprint density at radius 2 is 2.05 bits per heavy atom. The van der Waals surface area contributed by atoms with Gasteiger partial charge in [-0.2, -0.15) is 0 Å². The fourth-order valence-corrected chi connectivity index (χ4v) is 1.81. The minimum absolute atomic E-state index is 0.0569. The highest BCUT2D eigenvalue weighted by Gasteiger charge is 2.15. The summed E-state index contributed by atoms with van der Waals surface area (Å²) in [7, 11) is 0. The topological polar surface area (TPSA) is 107 Å². The third kappa shape index (κ3) is 3.70. The van der Waals surface area contributed by atoms with Crippen molar-refractivity contribution in [3.8, 4) is 0 Å². The van der Waals surface area contributed by atoms with Crippen LogP contribution < -0.4 is 11.1 Å². The molecule has 7 nitrogen and oxygen atoms in total. The maximum absolute atomic E-state index is 11.8. The Kier molecular flexibility index (Phi) is 4.90. The number of hydrogen-bond donors (Lipinski definition) is 2. The molecule has 0 unspecified atom stereocenters. The molecule has 0 radical (unpaired) electrons. The van der Waals surface area contributed by atoms with Crippen LogP contribution in [0.4, 0.5) is 11.5 Å². The molecule has 8 heteroatoms. The molecule has 0 aliphatic heterocycles. The Morgan fingerprint density at radius 1 is 1.32 bits per heavy atom. The number of carbonyl (C=O) groups excluding carboxylic acids is 2. The molecule has 2 aromatic rings. The van der Waals surface area contributed by atoms with E-state index in [1.165, 1.54) is 12.4 Å². The monoisotopic (exact) mass is 320 g/mol. The molecule has 2 rings (SSSR count). The first-order valence-corrected chi connectivity index (χ1v) is 6.65. The van der Waals surface area contributed by atoms with E-state index in [9.17, 15) is 9.59 Å². The number of anilines is 2. The fraction of sp³-hybridized carbons (Fsp3) is 0.143. The lowest BCUT2D eigenvalue weighted by atomic mass is 10.2. The highest BCUT2D eigenvalue weighted by atomic mass is 35.5. The lowest BCUT2D eigenvalue weighted by Crippen LogP contribution is -2.22. The van der Waals surface area contributed by atoms with Crippen molar-refractivity contribution in [1.82, 2.24) is 9.97 Å². The second-order valence-corrected chi connectivity index (χ2v) is 4.73. The molecule has 22 heavy (non-hydrogen) atoms. The van der Waals surface area contributed by atoms with E-state index in [1.807, 2.05) is 0 Å². The number of nitrogens with one attached hydrogen (secondary N) is 1. The predicted molar refractivity (Wildman–Crippen MR) is 81.5 cm³/mol. The zero-order valence-corrected chi connectivity index (χ0v) is 12.4. The van der Waals surface area contributed by atoms with Crippen LogP contribution in [0.5, 0.6) is 0 Å². The molecule has 0 atom stereocenters. The molecule has 1 heterocycles. The molecule has 1 amide bonds. The first-order chi connectivity index (χ1) is 10.5. The number of benzene rings is 1. The van der Waals surface area contributed by atoms with Crippen LogP contribution >= 0.6 is 11.6 Å². The lowest BCUT2D eigenvalue weighted by Gasteiger charge is -2.10. The molecule has 0 aliphatic carbocycles. The standard InChI is InChI=1S/C14H13ClN4O3/c1-8-9(15)3-2-4-10(8)19-11(20)7-22-14(21)12-13(16)18-6-5-17-12/h2-6H,7H2,1H3,(H2,16,18)(H,19,20). The zero-order chi connectivity index (χ0) is 16.1. The van der Waals surface area contributed by atoms with Gasteiger partial charge in [-0.15, -0.1) is 0 Å². The van der Waals surface area contributed by atoms with Gasteiger partial charge in [-0.25, -0.2) is 14.8 Å². The van der Waals surface area contributed by atoms with Crippen molar-refractivity contribution in [2.45, 2.75) is 6.92 Å². The van der Waals surface area contributed by atoms with Crippen molar-refractivity contribution in [3.63, 3.8) is 0 Å². The number of nitrogens with two attached hydrogens (primary N) is 1. The summed E-state index contributed by atoms with van der Waals surface area (Å²) in [5.41, 5.74) is 6.64. The Labute approximate surface area is 131 Å². The van der Waals surface area contributed by atoms with E-state index in [0.29, 0.717) is 10.7 Å². The fourth-order valence-electron chi connectivity index (χ4n) is 1.63. The van der Waals surface area contributed by atoms with Crippen molar-refractivity contribution in [1.29, 1.82) is 0 Å². The molecule has 1 aromatic carbocycles. The van der Waals surface area contributed by atoms with E-state index >= 15 is 0 Å². The van der Waals surface area contributed by atoms with Gasteiger partial charge in [-0.1, -0.05) is 17.7 Å². The number of amides is 1. The minimum Gasteiger partial charge on any atom is -0.451 e. The summed E-state index contributed by atoms with van der Waals surface area (Å²) in [5.74, 6) is -1.37. The second-order valence-electron chi connectivity index (χ2n) is 4.33. The number of aromatic nitrogens is 2. The van der Waals surface area contributed by atoms with E-state index in [4.69, 9.17) is 22.1 Å². The molecule has 0 fully saturated rings.